The Balaban J connectivity index is 1.63. The van der Waals surface area contributed by atoms with Crippen LogP contribution < -0.4 is 4.74 Å². The summed E-state index contributed by atoms with van der Waals surface area (Å²) in [6.07, 6.45) is 0.605. The van der Waals surface area contributed by atoms with Crippen LogP contribution in [0.2, 0.25) is 0 Å². The summed E-state index contributed by atoms with van der Waals surface area (Å²) in [6.45, 7) is 2.49. The number of rotatable bonds is 6. The predicted molar refractivity (Wildman–Crippen MR) is 101 cm³/mol. The van der Waals surface area contributed by atoms with Gasteiger partial charge in [0.05, 0.1) is 17.9 Å². The minimum Gasteiger partial charge on any atom is -0.459 e. The molecule has 1 fully saturated rings. The Morgan fingerprint density at radius 1 is 1.14 bits per heavy atom. The van der Waals surface area contributed by atoms with Gasteiger partial charge in [0.15, 0.2) is 0 Å². The van der Waals surface area contributed by atoms with E-state index in [9.17, 15) is 21.6 Å². The van der Waals surface area contributed by atoms with Crippen molar-refractivity contribution in [2.75, 3.05) is 13.1 Å². The minimum absolute atomic E-state index is 0.155. The normalized spacial score (nSPS) is 18.6. The standard InChI is InChI=1S/C19H22F3N3O3S/c1-2-14-10-23-18(24-11-14)28-17-4-3-9-25(12-17)29(26,27)13-15-5-7-16(8-6-15)19(20,21)22/h5-8,10-11,17H,2-4,9,12-13H2,1H3. The van der Waals surface area contributed by atoms with Gasteiger partial charge in [0.25, 0.3) is 0 Å². The molecule has 2 heterocycles. The fourth-order valence-electron chi connectivity index (χ4n) is 3.08. The number of halogens is 3. The molecule has 158 valence electrons. The van der Waals surface area contributed by atoms with Gasteiger partial charge in [-0.3, -0.25) is 0 Å². The lowest BCUT2D eigenvalue weighted by Crippen LogP contribution is -2.44. The molecule has 1 aromatic heterocycles. The summed E-state index contributed by atoms with van der Waals surface area (Å²) in [5.74, 6) is -0.362. The summed E-state index contributed by atoms with van der Waals surface area (Å²) >= 11 is 0. The van der Waals surface area contributed by atoms with E-state index < -0.39 is 21.8 Å². The predicted octanol–water partition coefficient (Wildman–Crippen LogP) is 3.43. The fraction of sp³-hybridized carbons (Fsp3) is 0.474. The lowest BCUT2D eigenvalue weighted by atomic mass is 10.1. The maximum Gasteiger partial charge on any atom is 0.416 e. The number of nitrogens with zero attached hydrogens (tertiary/aromatic N) is 3. The molecule has 2 aromatic rings. The van der Waals surface area contributed by atoms with E-state index in [1.165, 1.54) is 16.4 Å². The molecule has 1 saturated heterocycles. The van der Waals surface area contributed by atoms with E-state index in [-0.39, 0.29) is 24.4 Å². The van der Waals surface area contributed by atoms with Crippen molar-refractivity contribution in [2.24, 2.45) is 0 Å². The van der Waals surface area contributed by atoms with Gasteiger partial charge < -0.3 is 4.74 Å². The zero-order valence-electron chi connectivity index (χ0n) is 15.9. The Labute approximate surface area is 167 Å². The van der Waals surface area contributed by atoms with Gasteiger partial charge >= 0.3 is 12.2 Å². The largest absolute Gasteiger partial charge is 0.459 e. The van der Waals surface area contributed by atoms with E-state index in [1.54, 1.807) is 12.4 Å². The molecule has 0 bridgehead atoms. The Hall–Kier alpha value is -2.20. The first kappa shape index (κ1) is 21.5. The molecule has 29 heavy (non-hydrogen) atoms. The molecule has 0 radical (unpaired) electrons. The van der Waals surface area contributed by atoms with Crippen LogP contribution in [-0.4, -0.2) is 41.9 Å². The highest BCUT2D eigenvalue weighted by atomic mass is 32.2. The summed E-state index contributed by atoms with van der Waals surface area (Å²) < 4.78 is 70.5. The molecular formula is C19H22F3N3O3S. The van der Waals surface area contributed by atoms with Crippen LogP contribution in [-0.2, 0) is 28.4 Å². The quantitative estimate of drug-likeness (QED) is 0.704. The van der Waals surface area contributed by atoms with Crippen LogP contribution in [0, 0.1) is 0 Å². The van der Waals surface area contributed by atoms with E-state index in [0.29, 0.717) is 24.9 Å². The molecule has 0 spiro atoms. The molecule has 1 atom stereocenters. The molecule has 0 saturated carbocycles. The molecule has 10 heteroatoms. The van der Waals surface area contributed by atoms with Crippen LogP contribution >= 0.6 is 0 Å². The van der Waals surface area contributed by atoms with E-state index >= 15 is 0 Å². The van der Waals surface area contributed by atoms with E-state index in [0.717, 1.165) is 24.1 Å². The van der Waals surface area contributed by atoms with Crippen LogP contribution in [0.5, 0.6) is 6.01 Å². The molecule has 3 rings (SSSR count). The van der Waals surface area contributed by atoms with Crippen molar-refractivity contribution in [3.05, 3.63) is 53.3 Å². The van der Waals surface area contributed by atoms with Gasteiger partial charge in [0, 0.05) is 18.9 Å². The third-order valence-electron chi connectivity index (χ3n) is 4.73. The summed E-state index contributed by atoms with van der Waals surface area (Å²) in [6, 6.07) is 4.38. The lowest BCUT2D eigenvalue weighted by Gasteiger charge is -2.31. The van der Waals surface area contributed by atoms with Gasteiger partial charge in [0.1, 0.15) is 6.10 Å². The van der Waals surface area contributed by atoms with Crippen molar-refractivity contribution in [3.8, 4) is 6.01 Å². The third-order valence-corrected chi connectivity index (χ3v) is 6.54. The average Bonchev–Trinajstić information content (AvgIpc) is 2.68. The molecule has 0 aliphatic carbocycles. The van der Waals surface area contributed by atoms with Crippen molar-refractivity contribution in [3.63, 3.8) is 0 Å². The van der Waals surface area contributed by atoms with E-state index in [2.05, 4.69) is 9.97 Å². The molecule has 1 aromatic carbocycles. The van der Waals surface area contributed by atoms with Gasteiger partial charge in [-0.15, -0.1) is 0 Å². The van der Waals surface area contributed by atoms with Crippen LogP contribution in [0.15, 0.2) is 36.7 Å². The number of hydrogen-bond donors (Lipinski definition) is 0. The van der Waals surface area contributed by atoms with Crippen molar-refractivity contribution >= 4 is 10.0 Å². The van der Waals surface area contributed by atoms with Gasteiger partial charge in [0.2, 0.25) is 10.0 Å². The van der Waals surface area contributed by atoms with Crippen molar-refractivity contribution < 1.29 is 26.3 Å². The summed E-state index contributed by atoms with van der Waals surface area (Å²) in [7, 11) is -3.69. The Bertz CT molecular complexity index is 916. The molecule has 1 aliphatic rings. The van der Waals surface area contributed by atoms with Crippen LogP contribution in [0.1, 0.15) is 36.5 Å². The number of piperidine rings is 1. The first-order chi connectivity index (χ1) is 13.7. The summed E-state index contributed by atoms with van der Waals surface area (Å²) in [5.41, 5.74) is 0.473. The fourth-order valence-corrected chi connectivity index (χ4v) is 4.68. The van der Waals surface area contributed by atoms with Crippen molar-refractivity contribution in [1.82, 2.24) is 14.3 Å². The molecule has 6 nitrogen and oxygen atoms in total. The van der Waals surface area contributed by atoms with Crippen LogP contribution in [0.3, 0.4) is 0 Å². The van der Waals surface area contributed by atoms with Crippen molar-refractivity contribution in [1.29, 1.82) is 0 Å². The molecule has 0 N–H and O–H groups in total. The maximum atomic E-state index is 12.7. The number of aromatic nitrogens is 2. The highest BCUT2D eigenvalue weighted by Gasteiger charge is 2.32. The van der Waals surface area contributed by atoms with E-state index in [4.69, 9.17) is 4.74 Å². The Morgan fingerprint density at radius 2 is 1.79 bits per heavy atom. The maximum absolute atomic E-state index is 12.7. The van der Waals surface area contributed by atoms with Crippen molar-refractivity contribution in [2.45, 2.75) is 44.2 Å². The first-order valence-electron chi connectivity index (χ1n) is 9.29. The highest BCUT2D eigenvalue weighted by molar-refractivity contribution is 7.88. The zero-order chi connectivity index (χ0) is 21.1. The monoisotopic (exact) mass is 429 g/mol. The second kappa shape index (κ2) is 8.66. The number of hydrogen-bond acceptors (Lipinski definition) is 5. The van der Waals surface area contributed by atoms with Gasteiger partial charge in [-0.1, -0.05) is 19.1 Å². The average molecular weight is 429 g/mol. The smallest absolute Gasteiger partial charge is 0.416 e. The summed E-state index contributed by atoms with van der Waals surface area (Å²) in [5, 5.41) is 0. The number of benzene rings is 1. The number of aryl methyl sites for hydroxylation is 1. The lowest BCUT2D eigenvalue weighted by molar-refractivity contribution is -0.137. The number of sulfonamides is 1. The Morgan fingerprint density at radius 3 is 2.38 bits per heavy atom. The highest BCUT2D eigenvalue weighted by Crippen LogP contribution is 2.29. The van der Waals surface area contributed by atoms with E-state index in [1.807, 2.05) is 6.92 Å². The van der Waals surface area contributed by atoms with Gasteiger partial charge in [-0.05, 0) is 42.5 Å². The zero-order valence-corrected chi connectivity index (χ0v) is 16.7. The number of ether oxygens (including phenoxy) is 1. The third kappa shape index (κ3) is 5.66. The second-order valence-corrected chi connectivity index (χ2v) is 8.89. The summed E-state index contributed by atoms with van der Waals surface area (Å²) in [4.78, 5) is 8.27. The Kier molecular flexibility index (Phi) is 6.42. The van der Waals surface area contributed by atoms with Gasteiger partial charge in [-0.2, -0.15) is 17.5 Å². The molecule has 1 unspecified atom stereocenters. The first-order valence-corrected chi connectivity index (χ1v) is 10.9. The topological polar surface area (TPSA) is 72.4 Å². The molecular weight excluding hydrogens is 407 g/mol. The SMILES string of the molecule is CCc1cnc(OC2CCCN(S(=O)(=O)Cc3ccc(C(F)(F)F)cc3)C2)nc1. The minimum atomic E-state index is -4.45. The molecule has 0 amide bonds. The molecule has 1 aliphatic heterocycles. The second-order valence-electron chi connectivity index (χ2n) is 6.92. The van der Waals surface area contributed by atoms with Crippen LogP contribution in [0.25, 0.3) is 0 Å². The van der Waals surface area contributed by atoms with Crippen LogP contribution in [0.4, 0.5) is 13.2 Å². The number of alkyl halides is 3. The van der Waals surface area contributed by atoms with Gasteiger partial charge in [-0.25, -0.2) is 18.4 Å².